The molecule has 0 saturated carbocycles. The van der Waals surface area contributed by atoms with Crippen LogP contribution < -0.4 is 10.1 Å². The summed E-state index contributed by atoms with van der Waals surface area (Å²) in [5, 5.41) is 3.98. The van der Waals surface area contributed by atoms with Crippen molar-refractivity contribution in [3.8, 4) is 5.75 Å². The second-order valence-corrected chi connectivity index (χ2v) is 5.45. The Morgan fingerprint density at radius 1 is 1.25 bits per heavy atom. The van der Waals surface area contributed by atoms with E-state index < -0.39 is 0 Å². The fourth-order valence-corrected chi connectivity index (χ4v) is 2.85. The van der Waals surface area contributed by atoms with Gasteiger partial charge in [-0.05, 0) is 54.7 Å². The number of nitrogens with one attached hydrogen (secondary N) is 1. The fourth-order valence-electron chi connectivity index (χ4n) is 2.68. The number of ether oxygens (including phenoxy) is 1. The van der Waals surface area contributed by atoms with E-state index in [1.165, 1.54) is 11.1 Å². The van der Waals surface area contributed by atoms with E-state index in [2.05, 4.69) is 22.4 Å². The molecule has 1 aromatic carbocycles. The largest absolute Gasteiger partial charge is 0.497 e. The van der Waals surface area contributed by atoms with Crippen molar-refractivity contribution in [2.75, 3.05) is 12.4 Å². The summed E-state index contributed by atoms with van der Waals surface area (Å²) in [6.07, 6.45) is 3.17. The van der Waals surface area contributed by atoms with Crippen molar-refractivity contribution < 1.29 is 4.74 Å². The molecule has 0 radical (unpaired) electrons. The normalized spacial score (nSPS) is 17.4. The van der Waals surface area contributed by atoms with Gasteiger partial charge in [0.1, 0.15) is 16.7 Å². The minimum absolute atomic E-state index is 0.389. The average molecular weight is 289 g/mol. The van der Waals surface area contributed by atoms with Crippen LogP contribution in [-0.4, -0.2) is 18.1 Å². The number of pyridine rings is 1. The summed E-state index contributed by atoms with van der Waals surface area (Å²) < 4.78 is 5.30. The topological polar surface area (TPSA) is 34.1 Å². The Morgan fingerprint density at radius 3 is 2.95 bits per heavy atom. The first kappa shape index (κ1) is 13.3. The Kier molecular flexibility index (Phi) is 3.79. The molecule has 4 heteroatoms. The number of hydrogen-bond acceptors (Lipinski definition) is 3. The van der Waals surface area contributed by atoms with Crippen LogP contribution in [0.25, 0.3) is 0 Å². The van der Waals surface area contributed by atoms with E-state index in [1.54, 1.807) is 13.2 Å². The number of hydrogen-bond donors (Lipinski definition) is 1. The summed E-state index contributed by atoms with van der Waals surface area (Å²) in [5.74, 6) is 1.76. The standard InChI is InChI=1S/C16H17ClN2O/c1-20-14-8-6-11-5-7-13(9-12(11)10-14)18-16-4-2-3-15(17)19-16/h2-4,6,8,10,13H,5,7,9H2,1H3,(H,18,19). The zero-order valence-corrected chi connectivity index (χ0v) is 12.2. The SMILES string of the molecule is COc1ccc2c(c1)CC(Nc1cccc(Cl)n1)CC2. The van der Waals surface area contributed by atoms with Crippen LogP contribution >= 0.6 is 11.6 Å². The third-order valence-corrected chi connectivity index (χ3v) is 3.92. The number of fused-ring (bicyclic) bond motifs is 1. The molecule has 0 spiro atoms. The van der Waals surface area contributed by atoms with E-state index in [0.29, 0.717) is 11.2 Å². The first-order valence-corrected chi connectivity index (χ1v) is 7.17. The molecule has 20 heavy (non-hydrogen) atoms. The molecule has 1 heterocycles. The zero-order valence-electron chi connectivity index (χ0n) is 11.4. The highest BCUT2D eigenvalue weighted by Gasteiger charge is 2.19. The maximum Gasteiger partial charge on any atom is 0.131 e. The van der Waals surface area contributed by atoms with Gasteiger partial charge >= 0.3 is 0 Å². The summed E-state index contributed by atoms with van der Waals surface area (Å²) in [6.45, 7) is 0. The highest BCUT2D eigenvalue weighted by Crippen LogP contribution is 2.27. The van der Waals surface area contributed by atoms with Crippen molar-refractivity contribution in [3.63, 3.8) is 0 Å². The number of methoxy groups -OCH3 is 1. The van der Waals surface area contributed by atoms with E-state index in [9.17, 15) is 0 Å². The second-order valence-electron chi connectivity index (χ2n) is 5.06. The zero-order chi connectivity index (χ0) is 13.9. The molecular formula is C16H17ClN2O. The highest BCUT2D eigenvalue weighted by molar-refractivity contribution is 6.29. The molecule has 1 N–H and O–H groups in total. The number of nitrogens with zero attached hydrogens (tertiary/aromatic N) is 1. The van der Waals surface area contributed by atoms with Crippen molar-refractivity contribution in [3.05, 3.63) is 52.7 Å². The molecule has 0 fully saturated rings. The Hall–Kier alpha value is -1.74. The number of aromatic nitrogens is 1. The van der Waals surface area contributed by atoms with Gasteiger partial charge in [-0.2, -0.15) is 0 Å². The van der Waals surface area contributed by atoms with Crippen molar-refractivity contribution in [1.29, 1.82) is 0 Å². The molecule has 104 valence electrons. The molecule has 2 aromatic rings. The molecule has 1 aromatic heterocycles. The lowest BCUT2D eigenvalue weighted by Gasteiger charge is -2.26. The fraction of sp³-hybridized carbons (Fsp3) is 0.312. The highest BCUT2D eigenvalue weighted by atomic mass is 35.5. The predicted octanol–water partition coefficient (Wildman–Crippen LogP) is 3.71. The lowest BCUT2D eigenvalue weighted by atomic mass is 9.88. The van der Waals surface area contributed by atoms with Gasteiger partial charge in [0, 0.05) is 6.04 Å². The van der Waals surface area contributed by atoms with Crippen molar-refractivity contribution in [2.45, 2.75) is 25.3 Å². The maximum absolute atomic E-state index is 5.92. The van der Waals surface area contributed by atoms with Gasteiger partial charge < -0.3 is 10.1 Å². The van der Waals surface area contributed by atoms with Crippen LogP contribution in [0.15, 0.2) is 36.4 Å². The van der Waals surface area contributed by atoms with Crippen LogP contribution in [0.4, 0.5) is 5.82 Å². The average Bonchev–Trinajstić information content (AvgIpc) is 2.46. The Balaban J connectivity index is 1.74. The summed E-state index contributed by atoms with van der Waals surface area (Å²) >= 11 is 5.92. The minimum atomic E-state index is 0.389. The van der Waals surface area contributed by atoms with Gasteiger partial charge in [0.05, 0.1) is 7.11 Å². The van der Waals surface area contributed by atoms with Crippen molar-refractivity contribution in [2.24, 2.45) is 0 Å². The van der Waals surface area contributed by atoms with E-state index in [-0.39, 0.29) is 0 Å². The number of rotatable bonds is 3. The van der Waals surface area contributed by atoms with Gasteiger partial charge in [0.2, 0.25) is 0 Å². The van der Waals surface area contributed by atoms with Gasteiger partial charge in [0.15, 0.2) is 0 Å². The van der Waals surface area contributed by atoms with Crippen molar-refractivity contribution in [1.82, 2.24) is 4.98 Å². The molecule has 0 saturated heterocycles. The molecule has 0 amide bonds. The number of anilines is 1. The van der Waals surface area contributed by atoms with E-state index >= 15 is 0 Å². The molecule has 1 atom stereocenters. The first-order chi connectivity index (χ1) is 9.74. The molecule has 3 rings (SSSR count). The lowest BCUT2D eigenvalue weighted by Crippen LogP contribution is -2.27. The third kappa shape index (κ3) is 2.88. The lowest BCUT2D eigenvalue weighted by molar-refractivity contribution is 0.413. The Bertz CT molecular complexity index is 615. The van der Waals surface area contributed by atoms with E-state index in [0.717, 1.165) is 30.8 Å². The molecule has 1 unspecified atom stereocenters. The number of benzene rings is 1. The molecule has 0 bridgehead atoms. The molecule has 0 aliphatic heterocycles. The summed E-state index contributed by atoms with van der Waals surface area (Å²) in [7, 11) is 1.70. The van der Waals surface area contributed by atoms with Crippen LogP contribution in [0, 0.1) is 0 Å². The molecule has 3 nitrogen and oxygen atoms in total. The molecular weight excluding hydrogens is 272 g/mol. The maximum atomic E-state index is 5.92. The van der Waals surface area contributed by atoms with E-state index in [1.807, 2.05) is 18.2 Å². The predicted molar refractivity (Wildman–Crippen MR) is 81.7 cm³/mol. The van der Waals surface area contributed by atoms with Crippen LogP contribution in [0.1, 0.15) is 17.5 Å². The van der Waals surface area contributed by atoms with Crippen LogP contribution in [0.2, 0.25) is 5.15 Å². The van der Waals surface area contributed by atoms with Gasteiger partial charge in [-0.3, -0.25) is 0 Å². The first-order valence-electron chi connectivity index (χ1n) is 6.79. The number of halogens is 1. The minimum Gasteiger partial charge on any atom is -0.497 e. The van der Waals surface area contributed by atoms with Crippen LogP contribution in [-0.2, 0) is 12.8 Å². The monoisotopic (exact) mass is 288 g/mol. The summed E-state index contributed by atoms with van der Waals surface area (Å²) in [6, 6.07) is 12.4. The molecule has 1 aliphatic rings. The van der Waals surface area contributed by atoms with Gasteiger partial charge in [-0.1, -0.05) is 23.7 Å². The quantitative estimate of drug-likeness (QED) is 0.874. The second kappa shape index (κ2) is 5.71. The smallest absolute Gasteiger partial charge is 0.131 e. The van der Waals surface area contributed by atoms with Gasteiger partial charge in [-0.15, -0.1) is 0 Å². The summed E-state index contributed by atoms with van der Waals surface area (Å²) in [5.41, 5.74) is 2.78. The van der Waals surface area contributed by atoms with E-state index in [4.69, 9.17) is 16.3 Å². The van der Waals surface area contributed by atoms with Gasteiger partial charge in [-0.25, -0.2) is 4.98 Å². The Morgan fingerprint density at radius 2 is 2.15 bits per heavy atom. The van der Waals surface area contributed by atoms with Gasteiger partial charge in [0.25, 0.3) is 0 Å². The third-order valence-electron chi connectivity index (χ3n) is 3.71. The van der Waals surface area contributed by atoms with Crippen LogP contribution in [0.5, 0.6) is 5.75 Å². The molecule has 1 aliphatic carbocycles. The summed E-state index contributed by atoms with van der Waals surface area (Å²) in [4.78, 5) is 4.29. The number of aryl methyl sites for hydroxylation is 1. The van der Waals surface area contributed by atoms with Crippen LogP contribution in [0.3, 0.4) is 0 Å². The van der Waals surface area contributed by atoms with Crippen molar-refractivity contribution >= 4 is 17.4 Å². The Labute approximate surface area is 123 Å².